The topological polar surface area (TPSA) is 49.6 Å². The molecule has 0 bridgehead atoms. The van der Waals surface area contributed by atoms with Crippen molar-refractivity contribution in [2.24, 2.45) is 0 Å². The molecule has 0 saturated carbocycles. The Bertz CT molecular complexity index is 465. The molecule has 2 N–H and O–H groups in total. The van der Waals surface area contributed by atoms with Crippen LogP contribution in [0.15, 0.2) is 36.9 Å². The smallest absolute Gasteiger partial charge is 0.222 e. The van der Waals surface area contributed by atoms with Gasteiger partial charge in [-0.3, -0.25) is 9.69 Å². The Kier molecular flexibility index (Phi) is 5.18. The molecule has 0 aromatic heterocycles. The summed E-state index contributed by atoms with van der Waals surface area (Å²) in [5.41, 5.74) is 7.63. The highest BCUT2D eigenvalue weighted by molar-refractivity contribution is 5.76. The minimum Gasteiger partial charge on any atom is -0.399 e. The first-order valence-corrected chi connectivity index (χ1v) is 7.14. The molecule has 1 aliphatic heterocycles. The van der Waals surface area contributed by atoms with Crippen molar-refractivity contribution in [3.8, 4) is 0 Å². The highest BCUT2D eigenvalue weighted by Gasteiger charge is 2.19. The second kappa shape index (κ2) is 7.10. The molecule has 0 spiro atoms. The molecule has 2 rings (SSSR count). The summed E-state index contributed by atoms with van der Waals surface area (Å²) in [5.74, 6) is 0.241. The first-order chi connectivity index (χ1) is 9.69. The average molecular weight is 273 g/mol. The number of nitrogens with zero attached hydrogens (tertiary/aromatic N) is 2. The summed E-state index contributed by atoms with van der Waals surface area (Å²) in [7, 11) is 0. The molecule has 1 amide bonds. The third kappa shape index (κ3) is 4.10. The van der Waals surface area contributed by atoms with Crippen LogP contribution >= 0.6 is 0 Å². The van der Waals surface area contributed by atoms with Crippen LogP contribution in [0, 0.1) is 0 Å². The van der Waals surface area contributed by atoms with Crippen LogP contribution in [0.5, 0.6) is 0 Å². The molecule has 4 nitrogen and oxygen atoms in total. The van der Waals surface area contributed by atoms with E-state index in [1.54, 1.807) is 0 Å². The fourth-order valence-electron chi connectivity index (χ4n) is 2.52. The van der Waals surface area contributed by atoms with E-state index in [0.29, 0.717) is 6.42 Å². The highest BCUT2D eigenvalue weighted by atomic mass is 16.2. The Hall–Kier alpha value is -1.81. The Morgan fingerprint density at radius 3 is 2.70 bits per heavy atom. The number of carbonyl (C=O) groups excluding carboxylic acids is 1. The lowest BCUT2D eigenvalue weighted by Gasteiger charge is -2.34. The second-order valence-electron chi connectivity index (χ2n) is 5.22. The number of nitrogen functional groups attached to an aromatic ring is 1. The van der Waals surface area contributed by atoms with Gasteiger partial charge >= 0.3 is 0 Å². The molecule has 0 aliphatic carbocycles. The van der Waals surface area contributed by atoms with Gasteiger partial charge in [-0.1, -0.05) is 18.2 Å². The Morgan fingerprint density at radius 1 is 1.30 bits per heavy atom. The maximum atomic E-state index is 12.2. The van der Waals surface area contributed by atoms with E-state index in [4.69, 9.17) is 5.73 Å². The van der Waals surface area contributed by atoms with Crippen LogP contribution in [0.2, 0.25) is 0 Å². The third-order valence-electron chi connectivity index (χ3n) is 3.69. The van der Waals surface area contributed by atoms with Crippen molar-refractivity contribution in [1.82, 2.24) is 9.80 Å². The minimum atomic E-state index is 0.241. The molecule has 1 heterocycles. The number of benzene rings is 1. The summed E-state index contributed by atoms with van der Waals surface area (Å²) in [6.45, 7) is 8.18. The van der Waals surface area contributed by atoms with Crippen LogP contribution in [0.4, 0.5) is 5.69 Å². The molecule has 1 saturated heterocycles. The van der Waals surface area contributed by atoms with Gasteiger partial charge in [0.05, 0.1) is 0 Å². The fraction of sp³-hybridized carbons (Fsp3) is 0.438. The number of rotatable bonds is 5. The van der Waals surface area contributed by atoms with Gasteiger partial charge in [0, 0.05) is 44.8 Å². The van der Waals surface area contributed by atoms with Crippen LogP contribution in [0.25, 0.3) is 0 Å². The number of amides is 1. The number of anilines is 1. The van der Waals surface area contributed by atoms with Crippen molar-refractivity contribution < 1.29 is 4.79 Å². The predicted octanol–water partition coefficient (Wildman–Crippen LogP) is 1.53. The summed E-state index contributed by atoms with van der Waals surface area (Å²) in [4.78, 5) is 16.5. The zero-order valence-corrected chi connectivity index (χ0v) is 11.9. The van der Waals surface area contributed by atoms with Gasteiger partial charge < -0.3 is 10.6 Å². The largest absolute Gasteiger partial charge is 0.399 e. The van der Waals surface area contributed by atoms with Gasteiger partial charge in [0.25, 0.3) is 0 Å². The van der Waals surface area contributed by atoms with Crippen molar-refractivity contribution in [1.29, 1.82) is 0 Å². The van der Waals surface area contributed by atoms with Crippen LogP contribution in [0.3, 0.4) is 0 Å². The molecular formula is C16H23N3O. The van der Waals surface area contributed by atoms with Gasteiger partial charge in [-0.15, -0.1) is 6.58 Å². The molecule has 1 aromatic rings. The maximum absolute atomic E-state index is 12.2. The van der Waals surface area contributed by atoms with Crippen molar-refractivity contribution in [3.05, 3.63) is 42.5 Å². The van der Waals surface area contributed by atoms with Gasteiger partial charge in [0.15, 0.2) is 0 Å². The molecule has 0 unspecified atom stereocenters. The predicted molar refractivity (Wildman–Crippen MR) is 82.4 cm³/mol. The quantitative estimate of drug-likeness (QED) is 0.654. The molecule has 0 atom stereocenters. The SMILES string of the molecule is C=CCN1CCN(C(=O)CCc2cccc(N)c2)CC1. The molecule has 1 fully saturated rings. The van der Waals surface area contributed by atoms with E-state index in [2.05, 4.69) is 11.5 Å². The van der Waals surface area contributed by atoms with Gasteiger partial charge in [0.2, 0.25) is 5.91 Å². The number of hydrogen-bond donors (Lipinski definition) is 1. The number of carbonyl (C=O) groups is 1. The van der Waals surface area contributed by atoms with Crippen LogP contribution < -0.4 is 5.73 Å². The molecule has 108 valence electrons. The molecule has 1 aliphatic rings. The highest BCUT2D eigenvalue weighted by Crippen LogP contribution is 2.11. The monoisotopic (exact) mass is 273 g/mol. The first kappa shape index (κ1) is 14.6. The van der Waals surface area contributed by atoms with Crippen molar-refractivity contribution in [3.63, 3.8) is 0 Å². The summed E-state index contributed by atoms with van der Waals surface area (Å²) < 4.78 is 0. The number of piperazine rings is 1. The number of hydrogen-bond acceptors (Lipinski definition) is 3. The fourth-order valence-corrected chi connectivity index (χ4v) is 2.52. The standard InChI is InChI=1S/C16H23N3O/c1-2-8-18-9-11-19(12-10-18)16(20)7-6-14-4-3-5-15(17)13-14/h2-5,13H,1,6-12,17H2. The molecular weight excluding hydrogens is 250 g/mol. The van der Waals surface area contributed by atoms with E-state index in [1.807, 2.05) is 35.2 Å². The summed E-state index contributed by atoms with van der Waals surface area (Å²) in [6, 6.07) is 7.76. The van der Waals surface area contributed by atoms with Crippen molar-refractivity contribution in [2.45, 2.75) is 12.8 Å². The molecule has 1 aromatic carbocycles. The zero-order valence-electron chi connectivity index (χ0n) is 11.9. The summed E-state index contributed by atoms with van der Waals surface area (Å²) in [6.07, 6.45) is 3.24. The molecule has 20 heavy (non-hydrogen) atoms. The van der Waals surface area contributed by atoms with E-state index in [0.717, 1.165) is 50.4 Å². The van der Waals surface area contributed by atoms with E-state index in [1.165, 1.54) is 0 Å². The molecule has 0 radical (unpaired) electrons. The minimum absolute atomic E-state index is 0.241. The van der Waals surface area contributed by atoms with Gasteiger partial charge in [0.1, 0.15) is 0 Å². The first-order valence-electron chi connectivity index (χ1n) is 7.14. The van der Waals surface area contributed by atoms with E-state index >= 15 is 0 Å². The van der Waals surface area contributed by atoms with Crippen molar-refractivity contribution in [2.75, 3.05) is 38.5 Å². The summed E-state index contributed by atoms with van der Waals surface area (Å²) in [5, 5.41) is 0. The van der Waals surface area contributed by atoms with Crippen LogP contribution in [-0.2, 0) is 11.2 Å². The Balaban J connectivity index is 1.77. The lowest BCUT2D eigenvalue weighted by Crippen LogP contribution is -2.48. The number of nitrogens with two attached hydrogens (primary N) is 1. The lowest BCUT2D eigenvalue weighted by molar-refractivity contribution is -0.132. The van der Waals surface area contributed by atoms with Gasteiger partial charge in [-0.05, 0) is 24.1 Å². The van der Waals surface area contributed by atoms with E-state index < -0.39 is 0 Å². The Labute approximate surface area is 120 Å². The Morgan fingerprint density at radius 2 is 2.05 bits per heavy atom. The maximum Gasteiger partial charge on any atom is 0.222 e. The average Bonchev–Trinajstić information content (AvgIpc) is 2.46. The van der Waals surface area contributed by atoms with E-state index in [-0.39, 0.29) is 5.91 Å². The van der Waals surface area contributed by atoms with E-state index in [9.17, 15) is 4.79 Å². The number of aryl methyl sites for hydroxylation is 1. The second-order valence-corrected chi connectivity index (χ2v) is 5.22. The summed E-state index contributed by atoms with van der Waals surface area (Å²) >= 11 is 0. The van der Waals surface area contributed by atoms with Crippen LogP contribution in [-0.4, -0.2) is 48.4 Å². The third-order valence-corrected chi connectivity index (χ3v) is 3.69. The van der Waals surface area contributed by atoms with Gasteiger partial charge in [-0.25, -0.2) is 0 Å². The normalized spacial score (nSPS) is 16.1. The molecule has 4 heteroatoms. The zero-order chi connectivity index (χ0) is 14.4. The lowest BCUT2D eigenvalue weighted by atomic mass is 10.1. The van der Waals surface area contributed by atoms with Crippen molar-refractivity contribution >= 4 is 11.6 Å². The van der Waals surface area contributed by atoms with Crippen LogP contribution in [0.1, 0.15) is 12.0 Å². The van der Waals surface area contributed by atoms with Gasteiger partial charge in [-0.2, -0.15) is 0 Å².